The highest BCUT2D eigenvalue weighted by atomic mass is 16.6. The van der Waals surface area contributed by atoms with E-state index >= 15 is 0 Å². The first-order valence-corrected chi connectivity index (χ1v) is 30.4. The summed E-state index contributed by atoms with van der Waals surface area (Å²) in [5.74, 6) is -0.992. The van der Waals surface area contributed by atoms with Crippen LogP contribution in [0.4, 0.5) is 0 Å². The van der Waals surface area contributed by atoms with Crippen molar-refractivity contribution < 1.29 is 28.6 Å². The lowest BCUT2D eigenvalue weighted by Gasteiger charge is -2.18. The van der Waals surface area contributed by atoms with Crippen molar-refractivity contribution in [2.24, 2.45) is 0 Å². The minimum absolute atomic E-state index is 0.109. The van der Waals surface area contributed by atoms with Gasteiger partial charge in [-0.2, -0.15) is 0 Å². The molecule has 0 aromatic heterocycles. The highest BCUT2D eigenvalue weighted by Crippen LogP contribution is 2.15. The van der Waals surface area contributed by atoms with E-state index in [9.17, 15) is 14.4 Å². The highest BCUT2D eigenvalue weighted by molar-refractivity contribution is 5.71. The minimum Gasteiger partial charge on any atom is -0.462 e. The molecule has 0 fully saturated rings. The van der Waals surface area contributed by atoms with E-state index in [0.717, 1.165) is 96.3 Å². The maximum Gasteiger partial charge on any atom is 0.306 e. The van der Waals surface area contributed by atoms with Gasteiger partial charge < -0.3 is 14.2 Å². The normalized spacial score (nSPS) is 12.9. The number of rotatable bonds is 54. The molecule has 0 rings (SSSR count). The van der Waals surface area contributed by atoms with Crippen molar-refractivity contribution in [2.45, 2.75) is 284 Å². The number of carbonyl (C=O) groups is 3. The molecule has 0 aliphatic carbocycles. The molecule has 1 atom stereocenters. The van der Waals surface area contributed by atoms with Crippen LogP contribution in [0.3, 0.4) is 0 Å². The average molecular weight is 1010 g/mol. The molecule has 0 saturated carbocycles. The number of ether oxygens (including phenoxy) is 3. The van der Waals surface area contributed by atoms with E-state index in [4.69, 9.17) is 14.2 Å². The lowest BCUT2D eigenvalue weighted by atomic mass is 10.0. The predicted molar refractivity (Wildman–Crippen MR) is 316 cm³/mol. The molecule has 0 aromatic carbocycles. The first kappa shape index (κ1) is 69.1. The third-order valence-electron chi connectivity index (χ3n) is 12.7. The molecule has 0 aliphatic heterocycles. The standard InChI is InChI=1S/C67H112O6/c1-4-7-10-13-16-19-22-25-28-29-30-31-32-33-34-35-36-37-40-42-45-48-51-54-57-60-66(69)72-63-64(73-67(70)61-58-55-52-49-46-43-39-27-24-21-18-15-12-9-6-3)62-71-65(68)59-56-53-50-47-44-41-38-26-23-20-17-14-11-8-5-2/h8-9,11-12,17-18,20-21,26-27,29-30,38-39,44,46-47,49,64H,4-7,10,13-16,19,22-25,28,31-37,40-43,45,48,50-63H2,1-3H3/b11-8-,12-9-,20-17-,21-18-,30-29-,38-26-,39-27-,47-44-,49-46-. The second-order valence-corrected chi connectivity index (χ2v) is 19.8. The van der Waals surface area contributed by atoms with Gasteiger partial charge in [0.25, 0.3) is 0 Å². The summed E-state index contributed by atoms with van der Waals surface area (Å²) < 4.78 is 16.8. The number of carbonyl (C=O) groups excluding carboxylic acids is 3. The van der Waals surface area contributed by atoms with Crippen molar-refractivity contribution in [2.75, 3.05) is 13.2 Å². The van der Waals surface area contributed by atoms with E-state index in [-0.39, 0.29) is 37.5 Å². The van der Waals surface area contributed by atoms with Crippen LogP contribution in [-0.2, 0) is 28.6 Å². The number of unbranched alkanes of at least 4 members (excludes halogenated alkanes) is 25. The Balaban J connectivity index is 4.37. The zero-order valence-electron chi connectivity index (χ0n) is 47.6. The summed E-state index contributed by atoms with van der Waals surface area (Å²) in [6.45, 7) is 6.35. The molecule has 0 amide bonds. The first-order chi connectivity index (χ1) is 36.0. The zero-order chi connectivity index (χ0) is 52.9. The van der Waals surface area contributed by atoms with Gasteiger partial charge in [-0.1, -0.05) is 246 Å². The quantitative estimate of drug-likeness (QED) is 0.0261. The van der Waals surface area contributed by atoms with Crippen LogP contribution in [0, 0.1) is 0 Å². The van der Waals surface area contributed by atoms with Gasteiger partial charge in [0.05, 0.1) is 0 Å². The van der Waals surface area contributed by atoms with Gasteiger partial charge in [0.2, 0.25) is 0 Å². The lowest BCUT2D eigenvalue weighted by molar-refractivity contribution is -0.167. The number of hydrogen-bond acceptors (Lipinski definition) is 6. The van der Waals surface area contributed by atoms with Gasteiger partial charge >= 0.3 is 17.9 Å². The van der Waals surface area contributed by atoms with Gasteiger partial charge in [-0.3, -0.25) is 14.4 Å². The summed E-state index contributed by atoms with van der Waals surface area (Å²) in [7, 11) is 0. The fourth-order valence-electron chi connectivity index (χ4n) is 8.24. The number of allylic oxidation sites excluding steroid dienone is 18. The Kier molecular flexibility index (Phi) is 57.4. The zero-order valence-corrected chi connectivity index (χ0v) is 47.6. The average Bonchev–Trinajstić information content (AvgIpc) is 3.39. The number of hydrogen-bond donors (Lipinski definition) is 0. The van der Waals surface area contributed by atoms with Crippen LogP contribution < -0.4 is 0 Å². The second kappa shape index (κ2) is 60.6. The monoisotopic (exact) mass is 1010 g/mol. The third kappa shape index (κ3) is 58.8. The van der Waals surface area contributed by atoms with E-state index in [0.29, 0.717) is 25.7 Å². The van der Waals surface area contributed by atoms with Gasteiger partial charge in [-0.15, -0.1) is 0 Å². The Morgan fingerprint density at radius 1 is 0.288 bits per heavy atom. The van der Waals surface area contributed by atoms with E-state index < -0.39 is 6.10 Å². The molecular weight excluding hydrogens is 901 g/mol. The van der Waals surface area contributed by atoms with Crippen molar-refractivity contribution in [3.63, 3.8) is 0 Å². The minimum atomic E-state index is -0.819. The van der Waals surface area contributed by atoms with Gasteiger partial charge in [-0.25, -0.2) is 0 Å². The van der Waals surface area contributed by atoms with Crippen molar-refractivity contribution in [3.8, 4) is 0 Å². The Morgan fingerprint density at radius 3 is 0.877 bits per heavy atom. The first-order valence-electron chi connectivity index (χ1n) is 30.4. The molecule has 6 heteroatoms. The molecule has 0 radical (unpaired) electrons. The van der Waals surface area contributed by atoms with Gasteiger partial charge in [0.15, 0.2) is 6.10 Å². The van der Waals surface area contributed by atoms with Crippen LogP contribution in [0.1, 0.15) is 278 Å². The summed E-state index contributed by atoms with van der Waals surface area (Å²) in [5.41, 5.74) is 0. The van der Waals surface area contributed by atoms with Crippen LogP contribution in [0.2, 0.25) is 0 Å². The Hall–Kier alpha value is -3.93. The molecule has 0 spiro atoms. The Morgan fingerprint density at radius 2 is 0.534 bits per heavy atom. The predicted octanol–water partition coefficient (Wildman–Crippen LogP) is 20.7. The molecule has 416 valence electrons. The smallest absolute Gasteiger partial charge is 0.306 e. The van der Waals surface area contributed by atoms with Gasteiger partial charge in [0.1, 0.15) is 13.2 Å². The largest absolute Gasteiger partial charge is 0.462 e. The van der Waals surface area contributed by atoms with Crippen LogP contribution in [0.25, 0.3) is 0 Å². The summed E-state index contributed by atoms with van der Waals surface area (Å²) in [6.07, 6.45) is 82.5. The molecule has 73 heavy (non-hydrogen) atoms. The molecule has 0 N–H and O–H groups in total. The molecule has 1 unspecified atom stereocenters. The molecule has 6 nitrogen and oxygen atoms in total. The molecular formula is C67H112O6. The van der Waals surface area contributed by atoms with Crippen LogP contribution >= 0.6 is 0 Å². The maximum absolute atomic E-state index is 12.8. The summed E-state index contributed by atoms with van der Waals surface area (Å²) >= 11 is 0. The van der Waals surface area contributed by atoms with E-state index in [1.54, 1.807) is 0 Å². The topological polar surface area (TPSA) is 78.9 Å². The van der Waals surface area contributed by atoms with Gasteiger partial charge in [-0.05, 0) is 122 Å². The Bertz CT molecular complexity index is 1490. The van der Waals surface area contributed by atoms with Crippen molar-refractivity contribution >= 4 is 17.9 Å². The van der Waals surface area contributed by atoms with Crippen molar-refractivity contribution in [3.05, 3.63) is 109 Å². The molecule has 0 aliphatic rings. The Labute approximate surface area is 450 Å². The SMILES string of the molecule is CC/C=C\C/C=C\C/C=C\C/C=C\CCCCC(=O)OCC(COC(=O)CCCCCCCCCCCCCCC/C=C\CCCCCCCCCC)OC(=O)CCCC/C=C\C/C=C\C/C=C\C/C=C\CC. The molecule has 0 bridgehead atoms. The van der Waals surface area contributed by atoms with E-state index in [2.05, 4.69) is 130 Å². The number of esters is 3. The van der Waals surface area contributed by atoms with E-state index in [1.807, 2.05) is 0 Å². The summed E-state index contributed by atoms with van der Waals surface area (Å²) in [5, 5.41) is 0. The van der Waals surface area contributed by atoms with E-state index in [1.165, 1.54) is 128 Å². The highest BCUT2D eigenvalue weighted by Gasteiger charge is 2.19. The van der Waals surface area contributed by atoms with Gasteiger partial charge in [0, 0.05) is 19.3 Å². The van der Waals surface area contributed by atoms with Crippen LogP contribution in [-0.4, -0.2) is 37.2 Å². The maximum atomic E-state index is 12.8. The van der Waals surface area contributed by atoms with Crippen LogP contribution in [0.15, 0.2) is 109 Å². The fraction of sp³-hybridized carbons (Fsp3) is 0.687. The summed E-state index contributed by atoms with van der Waals surface area (Å²) in [4.78, 5) is 38.2. The fourth-order valence-corrected chi connectivity index (χ4v) is 8.24. The lowest BCUT2D eigenvalue weighted by Crippen LogP contribution is -2.30. The third-order valence-corrected chi connectivity index (χ3v) is 12.7. The molecule has 0 heterocycles. The van der Waals surface area contributed by atoms with Crippen molar-refractivity contribution in [1.82, 2.24) is 0 Å². The molecule has 0 saturated heterocycles. The molecule has 0 aromatic rings. The van der Waals surface area contributed by atoms with Crippen LogP contribution in [0.5, 0.6) is 0 Å². The van der Waals surface area contributed by atoms with Crippen molar-refractivity contribution in [1.29, 1.82) is 0 Å². The second-order valence-electron chi connectivity index (χ2n) is 19.8. The summed E-state index contributed by atoms with van der Waals surface area (Å²) in [6, 6.07) is 0.